The first-order valence-corrected chi connectivity index (χ1v) is 10.7. The van der Waals surface area contributed by atoms with Crippen LogP contribution in [0.2, 0.25) is 0 Å². The Morgan fingerprint density at radius 3 is 2.35 bits per heavy atom. The lowest BCUT2D eigenvalue weighted by Gasteiger charge is -2.35. The number of aryl methyl sites for hydroxylation is 3. The molecule has 3 aromatic rings. The summed E-state index contributed by atoms with van der Waals surface area (Å²) < 4.78 is 0. The fourth-order valence-corrected chi connectivity index (χ4v) is 3.81. The Labute approximate surface area is 183 Å². The summed E-state index contributed by atoms with van der Waals surface area (Å²) in [5.41, 5.74) is 5.39. The molecule has 1 N–H and O–H groups in total. The third-order valence-corrected chi connectivity index (χ3v) is 5.52. The molecular weight excluding hydrogens is 386 g/mol. The molecule has 1 aromatic heterocycles. The van der Waals surface area contributed by atoms with Crippen molar-refractivity contribution in [2.75, 3.05) is 36.4 Å². The van der Waals surface area contributed by atoms with E-state index in [0.29, 0.717) is 25.5 Å². The molecule has 1 saturated heterocycles. The predicted octanol–water partition coefficient (Wildman–Crippen LogP) is 4.04. The Morgan fingerprint density at radius 1 is 0.903 bits per heavy atom. The largest absolute Gasteiger partial charge is 0.340 e. The number of piperazine rings is 1. The molecule has 31 heavy (non-hydrogen) atoms. The Balaban J connectivity index is 1.38. The number of aromatic nitrogens is 2. The van der Waals surface area contributed by atoms with Crippen LogP contribution in [-0.2, 0) is 11.2 Å². The van der Waals surface area contributed by atoms with Crippen molar-refractivity contribution in [2.24, 2.45) is 0 Å². The third kappa shape index (κ3) is 5.40. The molecule has 6 nitrogen and oxygen atoms in total. The SMILES string of the molecule is Cc1ccc(Nc2cc(C)nc(N3CCN(C(=O)Cc4cccc(C)c4)CC3)n2)cc1. The first kappa shape index (κ1) is 20.8. The monoisotopic (exact) mass is 415 g/mol. The third-order valence-electron chi connectivity index (χ3n) is 5.52. The van der Waals surface area contributed by atoms with Crippen molar-refractivity contribution < 1.29 is 4.79 Å². The van der Waals surface area contributed by atoms with Gasteiger partial charge >= 0.3 is 0 Å². The lowest BCUT2D eigenvalue weighted by Crippen LogP contribution is -2.49. The van der Waals surface area contributed by atoms with E-state index in [1.54, 1.807) is 0 Å². The van der Waals surface area contributed by atoms with E-state index in [9.17, 15) is 4.79 Å². The van der Waals surface area contributed by atoms with E-state index in [2.05, 4.69) is 53.3 Å². The summed E-state index contributed by atoms with van der Waals surface area (Å²) in [6, 6.07) is 18.3. The molecule has 1 aliphatic heterocycles. The lowest BCUT2D eigenvalue weighted by atomic mass is 10.1. The first-order chi connectivity index (χ1) is 15.0. The minimum Gasteiger partial charge on any atom is -0.340 e. The molecule has 0 spiro atoms. The Morgan fingerprint density at radius 2 is 1.65 bits per heavy atom. The van der Waals surface area contributed by atoms with Crippen molar-refractivity contribution >= 4 is 23.4 Å². The molecule has 1 fully saturated rings. The summed E-state index contributed by atoms with van der Waals surface area (Å²) in [6.45, 7) is 8.93. The van der Waals surface area contributed by atoms with Crippen LogP contribution in [0.4, 0.5) is 17.5 Å². The fourth-order valence-electron chi connectivity index (χ4n) is 3.81. The van der Waals surface area contributed by atoms with Gasteiger partial charge in [-0.1, -0.05) is 47.5 Å². The van der Waals surface area contributed by atoms with Crippen LogP contribution in [0.15, 0.2) is 54.6 Å². The molecule has 2 heterocycles. The summed E-state index contributed by atoms with van der Waals surface area (Å²) in [7, 11) is 0. The molecule has 4 rings (SSSR count). The molecule has 6 heteroatoms. The smallest absolute Gasteiger partial charge is 0.227 e. The number of amides is 1. The second-order valence-electron chi connectivity index (χ2n) is 8.22. The molecule has 0 bridgehead atoms. The summed E-state index contributed by atoms with van der Waals surface area (Å²) in [4.78, 5) is 26.2. The predicted molar refractivity (Wildman–Crippen MR) is 125 cm³/mol. The fraction of sp³-hybridized carbons (Fsp3) is 0.320. The van der Waals surface area contributed by atoms with Crippen molar-refractivity contribution in [3.8, 4) is 0 Å². The van der Waals surface area contributed by atoms with E-state index in [1.165, 1.54) is 11.1 Å². The van der Waals surface area contributed by atoms with Crippen molar-refractivity contribution in [3.63, 3.8) is 0 Å². The number of nitrogens with zero attached hydrogens (tertiary/aromatic N) is 4. The number of nitrogens with one attached hydrogen (secondary N) is 1. The van der Waals surface area contributed by atoms with Gasteiger partial charge in [0.05, 0.1) is 6.42 Å². The van der Waals surface area contributed by atoms with Crippen LogP contribution in [-0.4, -0.2) is 47.0 Å². The van der Waals surface area contributed by atoms with Gasteiger partial charge in [-0.25, -0.2) is 4.98 Å². The average Bonchev–Trinajstić information content (AvgIpc) is 2.75. The van der Waals surface area contributed by atoms with Gasteiger partial charge in [-0.2, -0.15) is 4.98 Å². The lowest BCUT2D eigenvalue weighted by molar-refractivity contribution is -0.130. The molecular formula is C25H29N5O. The van der Waals surface area contributed by atoms with E-state index in [-0.39, 0.29) is 5.91 Å². The zero-order chi connectivity index (χ0) is 21.8. The highest BCUT2D eigenvalue weighted by atomic mass is 16.2. The molecule has 0 atom stereocenters. The molecule has 0 radical (unpaired) electrons. The number of carbonyl (C=O) groups is 1. The van der Waals surface area contributed by atoms with Gasteiger partial charge in [-0.15, -0.1) is 0 Å². The van der Waals surface area contributed by atoms with Crippen LogP contribution >= 0.6 is 0 Å². The normalized spacial score (nSPS) is 13.9. The quantitative estimate of drug-likeness (QED) is 0.682. The zero-order valence-corrected chi connectivity index (χ0v) is 18.4. The maximum Gasteiger partial charge on any atom is 0.227 e. The number of rotatable bonds is 5. The minimum atomic E-state index is 0.178. The molecule has 0 saturated carbocycles. The van der Waals surface area contributed by atoms with Crippen molar-refractivity contribution in [3.05, 3.63) is 77.0 Å². The van der Waals surface area contributed by atoms with Crippen molar-refractivity contribution in [1.82, 2.24) is 14.9 Å². The zero-order valence-electron chi connectivity index (χ0n) is 18.4. The number of hydrogen-bond acceptors (Lipinski definition) is 5. The second-order valence-corrected chi connectivity index (χ2v) is 8.22. The molecule has 1 aliphatic rings. The van der Waals surface area contributed by atoms with E-state index in [1.807, 2.05) is 42.2 Å². The molecule has 0 aliphatic carbocycles. The second kappa shape index (κ2) is 9.16. The summed E-state index contributed by atoms with van der Waals surface area (Å²) in [5, 5.41) is 3.37. The minimum absolute atomic E-state index is 0.178. The van der Waals surface area contributed by atoms with Gasteiger partial charge < -0.3 is 15.1 Å². The van der Waals surface area contributed by atoms with E-state index < -0.39 is 0 Å². The number of hydrogen-bond donors (Lipinski definition) is 1. The van der Waals surface area contributed by atoms with Gasteiger partial charge in [0.25, 0.3) is 0 Å². The summed E-state index contributed by atoms with van der Waals surface area (Å²) in [6.07, 6.45) is 0.452. The average molecular weight is 416 g/mol. The number of carbonyl (C=O) groups excluding carboxylic acids is 1. The molecule has 1 amide bonds. The highest BCUT2D eigenvalue weighted by molar-refractivity contribution is 5.79. The summed E-state index contributed by atoms with van der Waals surface area (Å²) in [5.74, 6) is 1.67. The maximum atomic E-state index is 12.7. The molecule has 0 unspecified atom stereocenters. The summed E-state index contributed by atoms with van der Waals surface area (Å²) >= 11 is 0. The van der Waals surface area contributed by atoms with Gasteiger partial charge in [0.15, 0.2) is 0 Å². The van der Waals surface area contributed by atoms with E-state index in [4.69, 9.17) is 4.98 Å². The van der Waals surface area contributed by atoms with Gasteiger partial charge in [-0.3, -0.25) is 4.79 Å². The van der Waals surface area contributed by atoms with Crippen LogP contribution in [0.5, 0.6) is 0 Å². The highest BCUT2D eigenvalue weighted by Crippen LogP contribution is 2.20. The Bertz CT molecular complexity index is 1060. The van der Waals surface area contributed by atoms with Gasteiger partial charge in [-0.05, 0) is 38.5 Å². The molecule has 2 aromatic carbocycles. The maximum absolute atomic E-state index is 12.7. The van der Waals surface area contributed by atoms with Crippen LogP contribution in [0.25, 0.3) is 0 Å². The van der Waals surface area contributed by atoms with E-state index >= 15 is 0 Å². The van der Waals surface area contributed by atoms with Gasteiger partial charge in [0.2, 0.25) is 11.9 Å². The van der Waals surface area contributed by atoms with Crippen LogP contribution < -0.4 is 10.2 Å². The topological polar surface area (TPSA) is 61.4 Å². The molecule has 160 valence electrons. The van der Waals surface area contributed by atoms with Crippen LogP contribution in [0.1, 0.15) is 22.4 Å². The van der Waals surface area contributed by atoms with Crippen LogP contribution in [0, 0.1) is 20.8 Å². The Kier molecular flexibility index (Phi) is 6.16. The first-order valence-electron chi connectivity index (χ1n) is 10.7. The number of benzene rings is 2. The van der Waals surface area contributed by atoms with Crippen molar-refractivity contribution in [2.45, 2.75) is 27.2 Å². The van der Waals surface area contributed by atoms with Gasteiger partial charge in [0, 0.05) is 43.6 Å². The van der Waals surface area contributed by atoms with Crippen LogP contribution in [0.3, 0.4) is 0 Å². The Hall–Kier alpha value is -3.41. The standard InChI is InChI=1S/C25H29N5O/c1-18-7-9-22(10-8-18)27-23-16-20(3)26-25(28-23)30-13-11-29(12-14-30)24(31)17-21-6-4-5-19(2)15-21/h4-10,15-16H,11-14,17H2,1-3H3,(H,26,27,28). The van der Waals surface area contributed by atoms with Crippen molar-refractivity contribution in [1.29, 1.82) is 0 Å². The van der Waals surface area contributed by atoms with Gasteiger partial charge in [0.1, 0.15) is 5.82 Å². The highest BCUT2D eigenvalue weighted by Gasteiger charge is 2.23. The number of anilines is 3. The van der Waals surface area contributed by atoms with E-state index in [0.717, 1.165) is 35.9 Å².